The molecule has 1 aliphatic rings. The lowest BCUT2D eigenvalue weighted by Gasteiger charge is -2.34. The second kappa shape index (κ2) is 6.28. The molecule has 0 saturated carbocycles. The standard InChI is InChI=1S/C19H21F2NOS/c1-19(2,3)11-4-6-13-14(10-24-17(13)8-11)18(23)22-16-7-5-12(20)9-15(16)21/h5,7,9-11H,4,6,8H2,1-3H3,(H,22,23). The minimum atomic E-state index is -0.764. The van der Waals surface area contributed by atoms with Crippen LogP contribution in [0.5, 0.6) is 0 Å². The Balaban J connectivity index is 1.79. The van der Waals surface area contributed by atoms with Crippen LogP contribution in [-0.2, 0) is 12.8 Å². The van der Waals surface area contributed by atoms with Gasteiger partial charge in [-0.2, -0.15) is 0 Å². The van der Waals surface area contributed by atoms with E-state index in [1.54, 1.807) is 11.3 Å². The molecule has 0 fully saturated rings. The minimum absolute atomic E-state index is 0.00438. The number of anilines is 1. The molecule has 2 nitrogen and oxygen atoms in total. The van der Waals surface area contributed by atoms with Gasteiger partial charge in [-0.15, -0.1) is 11.3 Å². The Morgan fingerprint density at radius 2 is 2.04 bits per heavy atom. The highest BCUT2D eigenvalue weighted by atomic mass is 32.1. The second-order valence-electron chi connectivity index (χ2n) is 7.44. The van der Waals surface area contributed by atoms with Crippen LogP contribution in [0.15, 0.2) is 23.6 Å². The Labute approximate surface area is 144 Å². The molecule has 1 aromatic heterocycles. The number of halogens is 2. The van der Waals surface area contributed by atoms with Gasteiger partial charge >= 0.3 is 0 Å². The molecule has 0 spiro atoms. The number of rotatable bonds is 2. The summed E-state index contributed by atoms with van der Waals surface area (Å²) < 4.78 is 26.7. The SMILES string of the molecule is CC(C)(C)C1CCc2c(C(=O)Nc3ccc(F)cc3F)csc2C1. The fourth-order valence-electron chi connectivity index (χ4n) is 3.22. The maximum absolute atomic E-state index is 13.7. The summed E-state index contributed by atoms with van der Waals surface area (Å²) in [5.41, 5.74) is 1.96. The van der Waals surface area contributed by atoms with E-state index < -0.39 is 11.6 Å². The number of carbonyl (C=O) groups excluding carboxylic acids is 1. The van der Waals surface area contributed by atoms with E-state index in [0.29, 0.717) is 11.5 Å². The highest BCUT2D eigenvalue weighted by molar-refractivity contribution is 7.10. The first-order chi connectivity index (χ1) is 11.3. The van der Waals surface area contributed by atoms with Crippen molar-refractivity contribution < 1.29 is 13.6 Å². The van der Waals surface area contributed by atoms with Crippen LogP contribution in [-0.4, -0.2) is 5.91 Å². The maximum atomic E-state index is 13.7. The molecule has 3 rings (SSSR count). The molecular formula is C19H21F2NOS. The largest absolute Gasteiger partial charge is 0.319 e. The summed E-state index contributed by atoms with van der Waals surface area (Å²) in [6.07, 6.45) is 2.91. The van der Waals surface area contributed by atoms with Gasteiger partial charge in [-0.3, -0.25) is 4.79 Å². The molecule has 128 valence electrons. The van der Waals surface area contributed by atoms with Gasteiger partial charge in [-0.05, 0) is 48.3 Å². The topological polar surface area (TPSA) is 29.1 Å². The third-order valence-electron chi connectivity index (χ3n) is 4.80. The number of nitrogens with one attached hydrogen (secondary N) is 1. The average molecular weight is 349 g/mol. The molecule has 24 heavy (non-hydrogen) atoms. The van der Waals surface area contributed by atoms with Crippen LogP contribution in [0.25, 0.3) is 0 Å². The van der Waals surface area contributed by atoms with Crippen molar-refractivity contribution in [2.24, 2.45) is 11.3 Å². The molecule has 1 N–H and O–H groups in total. The average Bonchev–Trinajstić information content (AvgIpc) is 2.92. The van der Waals surface area contributed by atoms with Crippen LogP contribution < -0.4 is 5.32 Å². The van der Waals surface area contributed by atoms with E-state index in [0.717, 1.165) is 37.0 Å². The third kappa shape index (κ3) is 3.36. The molecule has 5 heteroatoms. The van der Waals surface area contributed by atoms with Crippen molar-refractivity contribution in [2.45, 2.75) is 40.0 Å². The number of thiophene rings is 1. The Morgan fingerprint density at radius 1 is 1.29 bits per heavy atom. The van der Waals surface area contributed by atoms with Gasteiger partial charge in [-0.1, -0.05) is 20.8 Å². The van der Waals surface area contributed by atoms with E-state index in [1.165, 1.54) is 10.9 Å². The van der Waals surface area contributed by atoms with Crippen molar-refractivity contribution in [1.82, 2.24) is 0 Å². The third-order valence-corrected chi connectivity index (χ3v) is 5.86. The van der Waals surface area contributed by atoms with Crippen LogP contribution >= 0.6 is 11.3 Å². The van der Waals surface area contributed by atoms with Gasteiger partial charge in [0.2, 0.25) is 0 Å². The van der Waals surface area contributed by atoms with Crippen LogP contribution in [0.1, 0.15) is 48.0 Å². The van der Waals surface area contributed by atoms with Crippen molar-refractivity contribution >= 4 is 22.9 Å². The zero-order valence-corrected chi connectivity index (χ0v) is 14.9. The fourth-order valence-corrected chi connectivity index (χ4v) is 4.38. The van der Waals surface area contributed by atoms with E-state index in [4.69, 9.17) is 0 Å². The zero-order valence-electron chi connectivity index (χ0n) is 14.1. The summed E-state index contributed by atoms with van der Waals surface area (Å²) in [7, 11) is 0. The second-order valence-corrected chi connectivity index (χ2v) is 8.40. The number of amides is 1. The Morgan fingerprint density at radius 3 is 2.71 bits per heavy atom. The molecule has 1 heterocycles. The van der Waals surface area contributed by atoms with E-state index in [9.17, 15) is 13.6 Å². The summed E-state index contributed by atoms with van der Waals surface area (Å²) in [6, 6.07) is 3.15. The lowest BCUT2D eigenvalue weighted by atomic mass is 9.72. The Kier molecular flexibility index (Phi) is 4.47. The predicted molar refractivity (Wildman–Crippen MR) is 93.6 cm³/mol. The molecular weight excluding hydrogens is 328 g/mol. The number of carbonyl (C=O) groups is 1. The van der Waals surface area contributed by atoms with Crippen LogP contribution in [0.3, 0.4) is 0 Å². The van der Waals surface area contributed by atoms with Gasteiger partial charge in [0, 0.05) is 16.3 Å². The summed E-state index contributed by atoms with van der Waals surface area (Å²) >= 11 is 1.60. The molecule has 1 atom stereocenters. The smallest absolute Gasteiger partial charge is 0.256 e. The first kappa shape index (κ1) is 17.1. The normalized spacial score (nSPS) is 17.5. The molecule has 0 radical (unpaired) electrons. The van der Waals surface area contributed by atoms with E-state index in [-0.39, 0.29) is 17.0 Å². The molecule has 0 saturated heterocycles. The molecule has 2 aromatic rings. The van der Waals surface area contributed by atoms with Gasteiger partial charge in [0.25, 0.3) is 5.91 Å². The van der Waals surface area contributed by atoms with Gasteiger partial charge in [0.15, 0.2) is 0 Å². The highest BCUT2D eigenvalue weighted by Crippen LogP contribution is 2.40. The quantitative estimate of drug-likeness (QED) is 0.769. The van der Waals surface area contributed by atoms with Gasteiger partial charge in [0.1, 0.15) is 11.6 Å². The predicted octanol–water partition coefficient (Wildman–Crippen LogP) is 5.43. The highest BCUT2D eigenvalue weighted by Gasteiger charge is 2.31. The van der Waals surface area contributed by atoms with Crippen LogP contribution in [0.2, 0.25) is 0 Å². The van der Waals surface area contributed by atoms with E-state index in [2.05, 4.69) is 26.1 Å². The molecule has 0 bridgehead atoms. The number of hydrogen-bond donors (Lipinski definition) is 1. The van der Waals surface area contributed by atoms with Crippen LogP contribution in [0, 0.1) is 23.0 Å². The van der Waals surface area contributed by atoms with E-state index >= 15 is 0 Å². The van der Waals surface area contributed by atoms with Gasteiger partial charge in [0.05, 0.1) is 11.3 Å². The lowest BCUT2D eigenvalue weighted by molar-refractivity contribution is 0.102. The zero-order chi connectivity index (χ0) is 17.5. The molecule has 1 aliphatic carbocycles. The first-order valence-corrected chi connectivity index (χ1v) is 8.99. The Bertz CT molecular complexity index is 776. The summed E-state index contributed by atoms with van der Waals surface area (Å²) in [5.74, 6) is -1.15. The van der Waals surface area contributed by atoms with Gasteiger partial charge in [-0.25, -0.2) is 8.78 Å². The molecule has 1 amide bonds. The Hall–Kier alpha value is -1.75. The minimum Gasteiger partial charge on any atom is -0.319 e. The summed E-state index contributed by atoms with van der Waals surface area (Å²) in [5, 5.41) is 4.41. The molecule has 1 aromatic carbocycles. The van der Waals surface area contributed by atoms with Crippen molar-refractivity contribution in [2.75, 3.05) is 5.32 Å². The fraction of sp³-hybridized carbons (Fsp3) is 0.421. The summed E-state index contributed by atoms with van der Waals surface area (Å²) in [6.45, 7) is 6.75. The maximum Gasteiger partial charge on any atom is 0.256 e. The number of hydrogen-bond acceptors (Lipinski definition) is 2. The van der Waals surface area contributed by atoms with E-state index in [1.807, 2.05) is 5.38 Å². The number of fused-ring (bicyclic) bond motifs is 1. The number of benzene rings is 1. The summed E-state index contributed by atoms with van der Waals surface area (Å²) in [4.78, 5) is 13.8. The first-order valence-electron chi connectivity index (χ1n) is 8.11. The van der Waals surface area contributed by atoms with Crippen molar-refractivity contribution in [3.63, 3.8) is 0 Å². The van der Waals surface area contributed by atoms with Gasteiger partial charge < -0.3 is 5.32 Å². The van der Waals surface area contributed by atoms with Crippen molar-refractivity contribution in [3.8, 4) is 0 Å². The monoisotopic (exact) mass is 349 g/mol. The lowest BCUT2D eigenvalue weighted by Crippen LogP contribution is -2.27. The van der Waals surface area contributed by atoms with Crippen molar-refractivity contribution in [3.05, 3.63) is 51.2 Å². The van der Waals surface area contributed by atoms with Crippen LogP contribution in [0.4, 0.5) is 14.5 Å². The van der Waals surface area contributed by atoms with Crippen molar-refractivity contribution in [1.29, 1.82) is 0 Å². The molecule has 1 unspecified atom stereocenters. The molecule has 0 aliphatic heterocycles.